The van der Waals surface area contributed by atoms with Gasteiger partial charge in [0.05, 0.1) is 28.8 Å². The van der Waals surface area contributed by atoms with Crippen molar-refractivity contribution in [3.8, 4) is 17.2 Å². The van der Waals surface area contributed by atoms with Gasteiger partial charge in [0.1, 0.15) is 59.2 Å². The zero-order chi connectivity index (χ0) is 46.8. The first-order valence-corrected chi connectivity index (χ1v) is 24.0. The molecule has 0 amide bonds. The molecule has 7 rings (SSSR count). The first kappa shape index (κ1) is 47.2. The molecule has 1 heterocycles. The molecule has 0 bridgehead atoms. The van der Waals surface area contributed by atoms with Crippen molar-refractivity contribution >= 4 is 63.7 Å². The van der Waals surface area contributed by atoms with Gasteiger partial charge in [0.25, 0.3) is 5.69 Å². The number of unbranched alkanes of at least 4 members (excludes halogenated alkanes) is 1. The fraction of sp³-hybridized carbons (Fsp3) is 0.226. The van der Waals surface area contributed by atoms with E-state index >= 15 is 0 Å². The number of rotatable bonds is 19. The summed E-state index contributed by atoms with van der Waals surface area (Å²) in [5.41, 5.74) is 1.40. The van der Waals surface area contributed by atoms with Crippen LogP contribution in [-0.4, -0.2) is 29.0 Å². The topological polar surface area (TPSA) is 144 Å². The molecule has 0 saturated heterocycles. The molecular weight excluding hydrogens is 874 g/mol. The maximum Gasteiger partial charge on any atom is 0.514 e. The molecule has 6 aromatic carbocycles. The van der Waals surface area contributed by atoms with Crippen LogP contribution >= 0.6 is 19.9 Å². The summed E-state index contributed by atoms with van der Waals surface area (Å²) in [6, 6.07) is 46.8. The number of carbonyl (C=O) groups is 2. The van der Waals surface area contributed by atoms with Crippen LogP contribution in [0.25, 0.3) is 11.0 Å². The summed E-state index contributed by atoms with van der Waals surface area (Å²) in [5.74, 6) is 1.05. The van der Waals surface area contributed by atoms with Crippen LogP contribution < -0.4 is 35.7 Å². The Bertz CT molecular complexity index is 2810. The predicted molar refractivity (Wildman–Crippen MR) is 263 cm³/mol. The summed E-state index contributed by atoms with van der Waals surface area (Å²) < 4.78 is 28.7. The molecule has 0 radical (unpaired) electrons. The molecule has 0 aliphatic rings. The fourth-order valence-electron chi connectivity index (χ4n) is 8.55. The zero-order valence-corrected chi connectivity index (χ0v) is 39.0. The van der Waals surface area contributed by atoms with Gasteiger partial charge < -0.3 is 23.4 Å². The average Bonchev–Trinajstić information content (AvgIpc) is 3.29. The first-order valence-electron chi connectivity index (χ1n) is 21.6. The van der Waals surface area contributed by atoms with Crippen LogP contribution in [0.2, 0.25) is 0 Å². The highest BCUT2D eigenvalue weighted by molar-refractivity contribution is 7.96. The molecule has 338 valence electrons. The lowest BCUT2D eigenvalue weighted by Gasteiger charge is -2.28. The van der Waals surface area contributed by atoms with Crippen LogP contribution in [0, 0.1) is 24.0 Å². The van der Waals surface area contributed by atoms with Gasteiger partial charge in [-0.1, -0.05) is 74.5 Å². The standard InChI is InChI=1S/C53H50NO10PS/c1-36-28-37(2)50(53(3,4)33-49(55)66)48(29-36)64-52(57)62-35-40-30-38-22-23-42(32-47(38)63-51(40)56)61-34-39-31-41(24-25-46(39)54(58)59)60-26-14-15-27-65(43-16-8-5-9-17-43,44-18-10-6-11-19-44)45-20-12-7-13-21-45/h5-13,16-25,28-32H,14-15,26-27,33-35H2,1-4H3/p+1. The van der Waals surface area contributed by atoms with Crippen molar-refractivity contribution in [1.82, 2.24) is 0 Å². The Morgan fingerprint density at radius 3 is 1.94 bits per heavy atom. The van der Waals surface area contributed by atoms with Gasteiger partial charge in [0.15, 0.2) is 5.12 Å². The third-order valence-corrected chi connectivity index (χ3v) is 16.1. The summed E-state index contributed by atoms with van der Waals surface area (Å²) in [6.07, 6.45) is 1.69. The molecule has 0 spiro atoms. The second kappa shape index (κ2) is 21.0. The van der Waals surface area contributed by atoms with E-state index in [0.29, 0.717) is 34.6 Å². The van der Waals surface area contributed by atoms with Crippen molar-refractivity contribution in [2.45, 2.75) is 65.6 Å². The molecule has 7 aromatic rings. The van der Waals surface area contributed by atoms with Crippen molar-refractivity contribution < 1.29 is 37.9 Å². The predicted octanol–water partition coefficient (Wildman–Crippen LogP) is 10.9. The molecule has 11 nitrogen and oxygen atoms in total. The number of nitrogens with zero attached hydrogens (tertiary/aromatic N) is 1. The van der Waals surface area contributed by atoms with E-state index in [1.165, 1.54) is 28.0 Å². The Kier molecular flexibility index (Phi) is 15.1. The van der Waals surface area contributed by atoms with E-state index in [1.54, 1.807) is 36.4 Å². The Labute approximate surface area is 389 Å². The normalized spacial score (nSPS) is 11.5. The van der Waals surface area contributed by atoms with Gasteiger partial charge in [-0.05, 0) is 111 Å². The molecular formula is C53H51NO10PS+. The largest absolute Gasteiger partial charge is 0.514 e. The van der Waals surface area contributed by atoms with Gasteiger partial charge in [0, 0.05) is 34.9 Å². The molecule has 0 fully saturated rings. The summed E-state index contributed by atoms with van der Waals surface area (Å²) >= 11 is 3.95. The van der Waals surface area contributed by atoms with Crippen molar-refractivity contribution in [1.29, 1.82) is 0 Å². The number of hydrogen-bond donors (Lipinski definition) is 1. The van der Waals surface area contributed by atoms with E-state index in [9.17, 15) is 24.5 Å². The second-order valence-corrected chi connectivity index (χ2v) is 20.9. The Morgan fingerprint density at radius 1 is 0.727 bits per heavy atom. The molecule has 0 unspecified atom stereocenters. The van der Waals surface area contributed by atoms with E-state index in [4.69, 9.17) is 23.4 Å². The lowest BCUT2D eigenvalue weighted by Crippen LogP contribution is -2.33. The highest BCUT2D eigenvalue weighted by atomic mass is 32.1. The number of nitro benzene ring substituents is 1. The van der Waals surface area contributed by atoms with E-state index in [0.717, 1.165) is 30.1 Å². The minimum atomic E-state index is -1.98. The van der Waals surface area contributed by atoms with Crippen molar-refractivity contribution in [3.05, 3.63) is 194 Å². The lowest BCUT2D eigenvalue weighted by atomic mass is 9.78. The number of nitro groups is 1. The summed E-state index contributed by atoms with van der Waals surface area (Å²) in [7, 11) is -1.98. The molecule has 0 N–H and O–H groups in total. The maximum absolute atomic E-state index is 13.0. The Morgan fingerprint density at radius 2 is 1.33 bits per heavy atom. The smallest absolute Gasteiger partial charge is 0.494 e. The number of aryl methyl sites for hydroxylation is 2. The monoisotopic (exact) mass is 924 g/mol. The van der Waals surface area contributed by atoms with Gasteiger partial charge >= 0.3 is 11.8 Å². The minimum absolute atomic E-state index is 0.0757. The van der Waals surface area contributed by atoms with Gasteiger partial charge in [-0.2, -0.15) is 0 Å². The van der Waals surface area contributed by atoms with Crippen LogP contribution in [0.15, 0.2) is 155 Å². The lowest BCUT2D eigenvalue weighted by molar-refractivity contribution is -0.385. The average molecular weight is 925 g/mol. The third-order valence-electron chi connectivity index (χ3n) is 11.4. The van der Waals surface area contributed by atoms with E-state index in [-0.39, 0.29) is 40.7 Å². The number of ether oxygens (including phenoxy) is 4. The number of carbonyl (C=O) groups excluding carboxylic acids is 2. The molecule has 0 aliphatic carbocycles. The van der Waals surface area contributed by atoms with E-state index < -0.39 is 36.0 Å². The van der Waals surface area contributed by atoms with Crippen LogP contribution in [-0.2, 0) is 28.2 Å². The fourth-order valence-corrected chi connectivity index (χ4v) is 13.4. The van der Waals surface area contributed by atoms with Crippen molar-refractivity contribution in [2.24, 2.45) is 0 Å². The molecule has 13 heteroatoms. The second-order valence-electron chi connectivity index (χ2n) is 16.7. The number of benzene rings is 6. The summed E-state index contributed by atoms with van der Waals surface area (Å²) in [5, 5.41) is 16.2. The van der Waals surface area contributed by atoms with Crippen LogP contribution in [0.5, 0.6) is 17.2 Å². The van der Waals surface area contributed by atoms with Gasteiger partial charge in [0.2, 0.25) is 0 Å². The van der Waals surface area contributed by atoms with Gasteiger partial charge in [-0.15, -0.1) is 12.6 Å². The highest BCUT2D eigenvalue weighted by Crippen LogP contribution is 2.56. The third kappa shape index (κ3) is 11.2. The highest BCUT2D eigenvalue weighted by Gasteiger charge is 2.44. The Balaban J connectivity index is 0.983. The maximum atomic E-state index is 13.0. The Hall–Kier alpha value is -6.75. The van der Waals surface area contributed by atoms with Crippen LogP contribution in [0.4, 0.5) is 10.5 Å². The van der Waals surface area contributed by atoms with E-state index in [2.05, 4.69) is 85.4 Å². The quantitative estimate of drug-likeness (QED) is 0.0122. The van der Waals surface area contributed by atoms with E-state index in [1.807, 2.05) is 52.0 Å². The summed E-state index contributed by atoms with van der Waals surface area (Å²) in [6.45, 7) is 7.30. The minimum Gasteiger partial charge on any atom is -0.494 e. The summed E-state index contributed by atoms with van der Waals surface area (Å²) in [4.78, 5) is 49.4. The van der Waals surface area contributed by atoms with Crippen LogP contribution in [0.1, 0.15) is 60.9 Å². The first-order chi connectivity index (χ1) is 31.7. The molecule has 1 aromatic heterocycles. The number of fused-ring (bicyclic) bond motifs is 1. The van der Waals surface area contributed by atoms with Gasteiger partial charge in [-0.3, -0.25) is 14.9 Å². The molecule has 0 aliphatic heterocycles. The number of hydrogen-bond acceptors (Lipinski definition) is 10. The van der Waals surface area contributed by atoms with Crippen molar-refractivity contribution in [2.75, 3.05) is 12.8 Å². The van der Waals surface area contributed by atoms with Gasteiger partial charge in [-0.25, -0.2) is 9.59 Å². The number of thiol groups is 1. The van der Waals surface area contributed by atoms with Crippen LogP contribution in [0.3, 0.4) is 0 Å². The SMILES string of the molecule is Cc1cc(C)c(C(C)(C)CC(=O)S)c(OC(=O)OCc2cc3ccc(OCc4cc(OCCCC[P+](c5ccccc5)(c5ccccc5)c5ccccc5)ccc4[N+](=O)[O-])cc3oc2=O)c1. The molecule has 0 atom stereocenters. The van der Waals surface area contributed by atoms with Crippen molar-refractivity contribution in [3.63, 3.8) is 0 Å². The molecule has 0 saturated carbocycles. The molecule has 66 heavy (non-hydrogen) atoms. The zero-order valence-electron chi connectivity index (χ0n) is 37.2.